The second-order valence-electron chi connectivity index (χ2n) is 6.09. The van der Waals surface area contributed by atoms with E-state index in [4.69, 9.17) is 14.2 Å². The molecule has 0 bridgehead atoms. The fourth-order valence-corrected chi connectivity index (χ4v) is 3.32. The van der Waals surface area contributed by atoms with Crippen LogP contribution in [0.4, 0.5) is 0 Å². The summed E-state index contributed by atoms with van der Waals surface area (Å²) in [4.78, 5) is 23.6. The number of hydrogen-bond acceptors (Lipinski definition) is 5. The molecule has 2 aliphatic heterocycles. The molecule has 0 aromatic heterocycles. The summed E-state index contributed by atoms with van der Waals surface area (Å²) in [6.07, 6.45) is 1.16. The summed E-state index contributed by atoms with van der Waals surface area (Å²) in [6, 6.07) is 7.97. The van der Waals surface area contributed by atoms with Gasteiger partial charge in [-0.1, -0.05) is 24.3 Å². The second kappa shape index (κ2) is 4.98. The first-order valence-corrected chi connectivity index (χ1v) is 7.59. The van der Waals surface area contributed by atoms with Gasteiger partial charge in [-0.05, 0) is 31.4 Å². The van der Waals surface area contributed by atoms with Gasteiger partial charge in [-0.2, -0.15) is 0 Å². The lowest BCUT2D eigenvalue weighted by atomic mass is 9.98. The third kappa shape index (κ3) is 2.07. The first-order valence-electron chi connectivity index (χ1n) is 7.59. The van der Waals surface area contributed by atoms with Crippen LogP contribution < -0.4 is 0 Å². The summed E-state index contributed by atoms with van der Waals surface area (Å²) in [5.74, 6) is -0.786. The van der Waals surface area contributed by atoms with Crippen molar-refractivity contribution in [2.24, 2.45) is 5.92 Å². The number of fused-ring (bicyclic) bond motifs is 3. The van der Waals surface area contributed by atoms with Gasteiger partial charge < -0.3 is 14.2 Å². The summed E-state index contributed by atoms with van der Waals surface area (Å²) in [7, 11) is 0. The maximum Gasteiger partial charge on any atom is 0.338 e. The second-order valence-corrected chi connectivity index (χ2v) is 6.09. The van der Waals surface area contributed by atoms with Gasteiger partial charge in [0.05, 0.1) is 11.8 Å². The van der Waals surface area contributed by atoms with Gasteiger partial charge in [-0.3, -0.25) is 0 Å². The lowest BCUT2D eigenvalue weighted by Crippen LogP contribution is -2.14. The lowest BCUT2D eigenvalue weighted by molar-refractivity contribution is -0.153. The van der Waals surface area contributed by atoms with E-state index >= 15 is 0 Å². The van der Waals surface area contributed by atoms with Crippen molar-refractivity contribution < 1.29 is 23.8 Å². The van der Waals surface area contributed by atoms with Crippen LogP contribution >= 0.6 is 0 Å². The Bertz CT molecular complexity index is 773. The van der Waals surface area contributed by atoms with Crippen LogP contribution in [0.25, 0.3) is 0 Å². The van der Waals surface area contributed by atoms with Gasteiger partial charge in [0, 0.05) is 17.1 Å². The smallest absolute Gasteiger partial charge is 0.338 e. The molecule has 3 aliphatic rings. The molecule has 5 heteroatoms. The van der Waals surface area contributed by atoms with Gasteiger partial charge >= 0.3 is 11.9 Å². The fourth-order valence-electron chi connectivity index (χ4n) is 3.32. The zero-order valence-corrected chi connectivity index (χ0v) is 12.9. The van der Waals surface area contributed by atoms with Crippen LogP contribution in [0.2, 0.25) is 0 Å². The third-order valence-electron chi connectivity index (χ3n) is 4.82. The maximum absolute atomic E-state index is 12.1. The number of rotatable bonds is 2. The highest BCUT2D eigenvalue weighted by Gasteiger charge is 2.46. The predicted octanol–water partition coefficient (Wildman–Crippen LogP) is 2.58. The molecule has 118 valence electrons. The Morgan fingerprint density at radius 1 is 1.13 bits per heavy atom. The van der Waals surface area contributed by atoms with Gasteiger partial charge in [0.25, 0.3) is 6.29 Å². The molecule has 0 N–H and O–H groups in total. The van der Waals surface area contributed by atoms with Crippen molar-refractivity contribution in [2.75, 3.05) is 0 Å². The van der Waals surface area contributed by atoms with Crippen molar-refractivity contribution in [3.8, 4) is 0 Å². The highest BCUT2D eigenvalue weighted by Crippen LogP contribution is 2.47. The van der Waals surface area contributed by atoms with E-state index < -0.39 is 6.29 Å². The minimum Gasteiger partial charge on any atom is -0.458 e. The summed E-state index contributed by atoms with van der Waals surface area (Å²) < 4.78 is 16.2. The average Bonchev–Trinajstić information content (AvgIpc) is 3.12. The molecule has 1 aliphatic carbocycles. The van der Waals surface area contributed by atoms with E-state index in [1.54, 1.807) is 13.8 Å². The Labute approximate surface area is 133 Å². The molecule has 1 aromatic carbocycles. The van der Waals surface area contributed by atoms with E-state index in [9.17, 15) is 9.59 Å². The first kappa shape index (κ1) is 14.1. The molecule has 3 atom stereocenters. The molecule has 1 aromatic rings. The summed E-state index contributed by atoms with van der Waals surface area (Å²) in [5.41, 5.74) is 4.03. The molecule has 1 saturated heterocycles. The van der Waals surface area contributed by atoms with Gasteiger partial charge in [-0.25, -0.2) is 9.59 Å². The van der Waals surface area contributed by atoms with Crippen LogP contribution in [0.15, 0.2) is 47.2 Å². The standard InChI is InChI=1S/C18H16O5/c1-9-10(2)18(23-16(9)19)21-8-14-13-7-11-5-3-4-6-12(11)15(13)22-17(14)20/h3-6,8,13,15,18H,7H2,1-2H3/t13-,15-,18-/m1/s1. The highest BCUT2D eigenvalue weighted by molar-refractivity contribution is 5.92. The van der Waals surface area contributed by atoms with Crippen molar-refractivity contribution >= 4 is 11.9 Å². The number of hydrogen-bond donors (Lipinski definition) is 0. The Kier molecular flexibility index (Phi) is 3.04. The maximum atomic E-state index is 12.1. The lowest BCUT2D eigenvalue weighted by Gasteiger charge is -2.12. The molecular formula is C18H16O5. The van der Waals surface area contributed by atoms with E-state index in [1.165, 1.54) is 11.8 Å². The van der Waals surface area contributed by atoms with Crippen LogP contribution in [-0.2, 0) is 30.2 Å². The van der Waals surface area contributed by atoms with Crippen molar-refractivity contribution in [2.45, 2.75) is 32.7 Å². The molecule has 0 radical (unpaired) electrons. The molecule has 0 amide bonds. The predicted molar refractivity (Wildman–Crippen MR) is 79.9 cm³/mol. The number of carbonyl (C=O) groups is 2. The molecule has 23 heavy (non-hydrogen) atoms. The fraction of sp³-hybridized carbons (Fsp3) is 0.333. The zero-order chi connectivity index (χ0) is 16.1. The van der Waals surface area contributed by atoms with E-state index in [-0.39, 0.29) is 24.0 Å². The van der Waals surface area contributed by atoms with Gasteiger partial charge in [0.1, 0.15) is 6.10 Å². The van der Waals surface area contributed by atoms with Crippen LogP contribution in [0, 0.1) is 5.92 Å². The van der Waals surface area contributed by atoms with Crippen LogP contribution in [-0.4, -0.2) is 18.2 Å². The number of benzene rings is 1. The third-order valence-corrected chi connectivity index (χ3v) is 4.82. The largest absolute Gasteiger partial charge is 0.458 e. The van der Waals surface area contributed by atoms with E-state index in [0.717, 1.165) is 17.6 Å². The summed E-state index contributed by atoms with van der Waals surface area (Å²) in [5, 5.41) is 0. The molecule has 5 nitrogen and oxygen atoms in total. The molecule has 0 saturated carbocycles. The van der Waals surface area contributed by atoms with Crippen LogP contribution in [0.1, 0.15) is 31.1 Å². The Morgan fingerprint density at radius 2 is 1.91 bits per heavy atom. The van der Waals surface area contributed by atoms with Crippen molar-refractivity contribution in [1.29, 1.82) is 0 Å². The van der Waals surface area contributed by atoms with Gasteiger partial charge in [0.2, 0.25) is 0 Å². The summed E-state index contributed by atoms with van der Waals surface area (Å²) >= 11 is 0. The van der Waals surface area contributed by atoms with Crippen LogP contribution in [0.5, 0.6) is 0 Å². The SMILES string of the molecule is CC1=C(C)[C@H](OC=C2C(=O)O[C@@H]3c4ccccc4C[C@H]23)OC1=O. The van der Waals surface area contributed by atoms with Gasteiger partial charge in [0.15, 0.2) is 0 Å². The monoisotopic (exact) mass is 312 g/mol. The van der Waals surface area contributed by atoms with Crippen molar-refractivity contribution in [3.63, 3.8) is 0 Å². The normalized spacial score (nSPS) is 30.3. The number of carbonyl (C=O) groups excluding carboxylic acids is 2. The van der Waals surface area contributed by atoms with Crippen molar-refractivity contribution in [1.82, 2.24) is 0 Å². The van der Waals surface area contributed by atoms with E-state index in [0.29, 0.717) is 11.1 Å². The van der Waals surface area contributed by atoms with E-state index in [1.807, 2.05) is 18.2 Å². The molecule has 4 rings (SSSR count). The summed E-state index contributed by atoms with van der Waals surface area (Å²) in [6.45, 7) is 3.48. The Balaban J connectivity index is 1.57. The van der Waals surface area contributed by atoms with Crippen LogP contribution in [0.3, 0.4) is 0 Å². The number of cyclic esters (lactones) is 1. The van der Waals surface area contributed by atoms with Crippen molar-refractivity contribution in [3.05, 3.63) is 58.4 Å². The minimum absolute atomic E-state index is 0.0395. The number of ether oxygens (including phenoxy) is 3. The van der Waals surface area contributed by atoms with E-state index in [2.05, 4.69) is 6.07 Å². The topological polar surface area (TPSA) is 61.8 Å². The Morgan fingerprint density at radius 3 is 2.65 bits per heavy atom. The molecule has 1 fully saturated rings. The van der Waals surface area contributed by atoms with Gasteiger partial charge in [-0.15, -0.1) is 0 Å². The zero-order valence-electron chi connectivity index (χ0n) is 12.9. The molecule has 0 unspecified atom stereocenters. The average molecular weight is 312 g/mol. The first-order chi connectivity index (χ1) is 11.1. The Hall–Kier alpha value is -2.56. The highest BCUT2D eigenvalue weighted by atomic mass is 16.7. The quantitative estimate of drug-likeness (QED) is 0.477. The molecule has 0 spiro atoms. The number of esters is 2. The minimum atomic E-state index is -0.759. The molecule has 2 heterocycles. The molecular weight excluding hydrogens is 296 g/mol.